The SMILES string of the molecule is CNCc1ccc2c(ccn2Cc2cc(F)cc(F)c2)c1. The largest absolute Gasteiger partial charge is 0.343 e. The number of benzene rings is 2. The van der Waals surface area contributed by atoms with E-state index in [2.05, 4.69) is 17.4 Å². The summed E-state index contributed by atoms with van der Waals surface area (Å²) in [6, 6.07) is 11.9. The Labute approximate surface area is 122 Å². The highest BCUT2D eigenvalue weighted by atomic mass is 19.1. The van der Waals surface area contributed by atoms with Crippen LogP contribution in [0.25, 0.3) is 10.9 Å². The van der Waals surface area contributed by atoms with E-state index in [1.54, 1.807) is 0 Å². The van der Waals surface area contributed by atoms with Gasteiger partial charge >= 0.3 is 0 Å². The smallest absolute Gasteiger partial charge is 0.126 e. The van der Waals surface area contributed by atoms with Crippen LogP contribution in [0.4, 0.5) is 8.78 Å². The van der Waals surface area contributed by atoms with Crippen LogP contribution in [-0.2, 0) is 13.1 Å². The van der Waals surface area contributed by atoms with Crippen molar-refractivity contribution in [2.45, 2.75) is 13.1 Å². The number of hydrogen-bond acceptors (Lipinski definition) is 1. The maximum atomic E-state index is 13.3. The van der Waals surface area contributed by atoms with Gasteiger partial charge in [-0.15, -0.1) is 0 Å². The van der Waals surface area contributed by atoms with Gasteiger partial charge in [0.05, 0.1) is 0 Å². The summed E-state index contributed by atoms with van der Waals surface area (Å²) in [7, 11) is 1.91. The van der Waals surface area contributed by atoms with Crippen LogP contribution in [0.1, 0.15) is 11.1 Å². The van der Waals surface area contributed by atoms with E-state index in [0.717, 1.165) is 23.5 Å². The topological polar surface area (TPSA) is 17.0 Å². The van der Waals surface area contributed by atoms with Crippen LogP contribution in [0.2, 0.25) is 0 Å². The van der Waals surface area contributed by atoms with E-state index in [1.165, 1.54) is 17.7 Å². The minimum absolute atomic E-state index is 0.448. The van der Waals surface area contributed by atoms with Gasteiger partial charge in [-0.25, -0.2) is 8.78 Å². The first-order valence-electron chi connectivity index (χ1n) is 6.83. The summed E-state index contributed by atoms with van der Waals surface area (Å²) in [6.45, 7) is 1.26. The molecule has 0 fully saturated rings. The molecule has 0 bridgehead atoms. The minimum Gasteiger partial charge on any atom is -0.343 e. The monoisotopic (exact) mass is 286 g/mol. The first-order valence-corrected chi connectivity index (χ1v) is 6.83. The third-order valence-electron chi connectivity index (χ3n) is 3.49. The van der Waals surface area contributed by atoms with Gasteiger partial charge in [-0.1, -0.05) is 6.07 Å². The molecule has 0 radical (unpaired) electrons. The summed E-state index contributed by atoms with van der Waals surface area (Å²) < 4.78 is 28.5. The lowest BCUT2D eigenvalue weighted by atomic mass is 10.1. The maximum Gasteiger partial charge on any atom is 0.126 e. The van der Waals surface area contributed by atoms with E-state index < -0.39 is 11.6 Å². The van der Waals surface area contributed by atoms with E-state index >= 15 is 0 Å². The Bertz CT molecular complexity index is 757. The lowest BCUT2D eigenvalue weighted by molar-refractivity contribution is 0.578. The average Bonchev–Trinajstić information content (AvgIpc) is 2.80. The zero-order valence-corrected chi connectivity index (χ0v) is 11.7. The number of nitrogens with zero attached hydrogens (tertiary/aromatic N) is 1. The summed E-state index contributed by atoms with van der Waals surface area (Å²) in [6.07, 6.45) is 1.94. The minimum atomic E-state index is -0.544. The van der Waals surface area contributed by atoms with Crippen molar-refractivity contribution in [1.82, 2.24) is 9.88 Å². The van der Waals surface area contributed by atoms with Crippen molar-refractivity contribution < 1.29 is 8.78 Å². The van der Waals surface area contributed by atoms with Crippen LogP contribution < -0.4 is 5.32 Å². The Hall–Kier alpha value is -2.20. The van der Waals surface area contributed by atoms with Gasteiger partial charge in [0.15, 0.2) is 0 Å². The van der Waals surface area contributed by atoms with Gasteiger partial charge < -0.3 is 9.88 Å². The summed E-state index contributed by atoms with van der Waals surface area (Å²) in [5.74, 6) is -1.09. The van der Waals surface area contributed by atoms with Crippen molar-refractivity contribution >= 4 is 10.9 Å². The highest BCUT2D eigenvalue weighted by Crippen LogP contribution is 2.20. The van der Waals surface area contributed by atoms with Crippen LogP contribution in [0.15, 0.2) is 48.7 Å². The zero-order chi connectivity index (χ0) is 14.8. The normalized spacial score (nSPS) is 11.2. The van der Waals surface area contributed by atoms with Gasteiger partial charge in [0.25, 0.3) is 0 Å². The molecule has 3 aromatic rings. The van der Waals surface area contributed by atoms with Gasteiger partial charge in [0, 0.05) is 30.9 Å². The van der Waals surface area contributed by atoms with Crippen LogP contribution in [-0.4, -0.2) is 11.6 Å². The number of halogens is 2. The van der Waals surface area contributed by atoms with Gasteiger partial charge in [-0.3, -0.25) is 0 Å². The van der Waals surface area contributed by atoms with Crippen molar-refractivity contribution in [3.8, 4) is 0 Å². The number of nitrogens with one attached hydrogen (secondary N) is 1. The van der Waals surface area contributed by atoms with Crippen LogP contribution in [0, 0.1) is 11.6 Å². The molecule has 0 aliphatic carbocycles. The molecule has 21 heavy (non-hydrogen) atoms. The predicted molar refractivity (Wildman–Crippen MR) is 80.2 cm³/mol. The molecule has 3 rings (SSSR count). The molecule has 1 aromatic heterocycles. The van der Waals surface area contributed by atoms with Crippen molar-refractivity contribution in [2.24, 2.45) is 0 Å². The maximum absolute atomic E-state index is 13.3. The molecule has 0 aliphatic heterocycles. The number of fused-ring (bicyclic) bond motifs is 1. The molecule has 2 aromatic carbocycles. The molecule has 0 amide bonds. The van der Waals surface area contributed by atoms with Gasteiger partial charge in [0.1, 0.15) is 11.6 Å². The van der Waals surface area contributed by atoms with E-state index in [9.17, 15) is 8.78 Å². The number of hydrogen-bond donors (Lipinski definition) is 1. The third-order valence-corrected chi connectivity index (χ3v) is 3.49. The van der Waals surface area contributed by atoms with Crippen LogP contribution in [0.3, 0.4) is 0 Å². The second-order valence-corrected chi connectivity index (χ2v) is 5.14. The molecule has 1 heterocycles. The quantitative estimate of drug-likeness (QED) is 0.774. The zero-order valence-electron chi connectivity index (χ0n) is 11.7. The molecule has 4 heteroatoms. The molecule has 1 N–H and O–H groups in total. The van der Waals surface area contributed by atoms with Crippen molar-refractivity contribution in [2.75, 3.05) is 7.05 Å². The summed E-state index contributed by atoms with van der Waals surface area (Å²) >= 11 is 0. The van der Waals surface area contributed by atoms with E-state index in [0.29, 0.717) is 12.1 Å². The van der Waals surface area contributed by atoms with Crippen molar-refractivity contribution in [1.29, 1.82) is 0 Å². The molecule has 0 unspecified atom stereocenters. The summed E-state index contributed by atoms with van der Waals surface area (Å²) in [4.78, 5) is 0. The predicted octanol–water partition coefficient (Wildman–Crippen LogP) is 3.69. The molecule has 0 aliphatic rings. The van der Waals surface area contributed by atoms with E-state index in [1.807, 2.05) is 29.9 Å². The number of rotatable bonds is 4. The molecule has 108 valence electrons. The Morgan fingerprint density at radius 2 is 1.71 bits per heavy atom. The number of aromatic nitrogens is 1. The van der Waals surface area contributed by atoms with Crippen molar-refractivity contribution in [3.63, 3.8) is 0 Å². The highest BCUT2D eigenvalue weighted by molar-refractivity contribution is 5.81. The Kier molecular flexibility index (Phi) is 3.71. The summed E-state index contributed by atoms with van der Waals surface area (Å²) in [5, 5.41) is 4.24. The Morgan fingerprint density at radius 1 is 0.952 bits per heavy atom. The van der Waals surface area contributed by atoms with Crippen LogP contribution >= 0.6 is 0 Å². The molecule has 2 nitrogen and oxygen atoms in total. The second kappa shape index (κ2) is 5.66. The van der Waals surface area contributed by atoms with Gasteiger partial charge in [0.2, 0.25) is 0 Å². The first kappa shape index (κ1) is 13.8. The molecule has 0 saturated heterocycles. The molecule has 0 saturated carbocycles. The fourth-order valence-corrected chi connectivity index (χ4v) is 2.60. The third kappa shape index (κ3) is 2.95. The average molecular weight is 286 g/mol. The fourth-order valence-electron chi connectivity index (χ4n) is 2.60. The van der Waals surface area contributed by atoms with E-state index in [4.69, 9.17) is 0 Å². The lowest BCUT2D eigenvalue weighted by Gasteiger charge is -2.07. The fraction of sp³-hybridized carbons (Fsp3) is 0.176. The Morgan fingerprint density at radius 3 is 2.43 bits per heavy atom. The lowest BCUT2D eigenvalue weighted by Crippen LogP contribution is -2.04. The summed E-state index contributed by atoms with van der Waals surface area (Å²) in [5.41, 5.74) is 2.88. The van der Waals surface area contributed by atoms with Gasteiger partial charge in [-0.2, -0.15) is 0 Å². The van der Waals surface area contributed by atoms with Crippen molar-refractivity contribution in [3.05, 3.63) is 71.4 Å². The molecule has 0 spiro atoms. The van der Waals surface area contributed by atoms with Gasteiger partial charge in [-0.05, 0) is 53.9 Å². The molecular weight excluding hydrogens is 270 g/mol. The highest BCUT2D eigenvalue weighted by Gasteiger charge is 2.05. The standard InChI is InChI=1S/C17H16F2N2/c1-20-10-12-2-3-17-14(6-12)4-5-21(17)11-13-7-15(18)9-16(19)8-13/h2-9,20H,10-11H2,1H3. The Balaban J connectivity index is 1.93. The van der Waals surface area contributed by atoms with E-state index in [-0.39, 0.29) is 0 Å². The second-order valence-electron chi connectivity index (χ2n) is 5.14. The molecular formula is C17H16F2N2. The van der Waals surface area contributed by atoms with Crippen LogP contribution in [0.5, 0.6) is 0 Å². The first-order chi connectivity index (χ1) is 10.2. The molecule has 0 atom stereocenters.